The van der Waals surface area contributed by atoms with Gasteiger partial charge >= 0.3 is 0 Å². The van der Waals surface area contributed by atoms with E-state index in [0.29, 0.717) is 11.1 Å². The number of ether oxygens (including phenoxy) is 1. The van der Waals surface area contributed by atoms with E-state index in [2.05, 4.69) is 4.72 Å². The molecular formula is C20H25N3O6S2. The number of carbonyl (C=O) groups excluding carboxylic acids is 1. The van der Waals surface area contributed by atoms with Gasteiger partial charge in [-0.2, -0.15) is 0 Å². The number of carbonyl (C=O) groups is 1. The van der Waals surface area contributed by atoms with Crippen molar-refractivity contribution >= 4 is 32.0 Å². The highest BCUT2D eigenvalue weighted by Crippen LogP contribution is 2.26. The Morgan fingerprint density at radius 2 is 1.84 bits per heavy atom. The number of hydrogen-bond donors (Lipinski definition) is 2. The number of sulfonamides is 2. The highest BCUT2D eigenvalue weighted by molar-refractivity contribution is 7.89. The summed E-state index contributed by atoms with van der Waals surface area (Å²) in [7, 11) is -3.37. The van der Waals surface area contributed by atoms with E-state index < -0.39 is 26.1 Å². The number of primary sulfonamides is 1. The molecule has 2 aromatic carbocycles. The number of nitrogens with zero attached hydrogens (tertiary/aromatic N) is 1. The number of rotatable bonds is 8. The van der Waals surface area contributed by atoms with Crippen molar-refractivity contribution < 1.29 is 26.4 Å². The Bertz CT molecular complexity index is 1210. The SMILES string of the molecule is CNS(=O)(=O)c1cc(/C=C/C(=O)N(C)C(C)c2cccc(S(N)(=O)=O)c2)ccc1OC. The number of methoxy groups -OCH3 is 1. The first-order chi connectivity index (χ1) is 14.4. The van der Waals surface area contributed by atoms with E-state index in [0.717, 1.165) is 0 Å². The second kappa shape index (κ2) is 9.60. The predicted octanol–water partition coefficient (Wildman–Crippen LogP) is 1.48. The first kappa shape index (κ1) is 24.5. The van der Waals surface area contributed by atoms with Crippen molar-refractivity contribution in [2.45, 2.75) is 22.8 Å². The molecule has 1 unspecified atom stereocenters. The molecule has 0 spiro atoms. The van der Waals surface area contributed by atoms with Gasteiger partial charge in [0.25, 0.3) is 0 Å². The third-order valence-electron chi connectivity index (χ3n) is 4.76. The maximum atomic E-state index is 12.6. The summed E-state index contributed by atoms with van der Waals surface area (Å²) < 4.78 is 54.8. The predicted molar refractivity (Wildman–Crippen MR) is 117 cm³/mol. The van der Waals surface area contributed by atoms with Gasteiger partial charge < -0.3 is 9.64 Å². The van der Waals surface area contributed by atoms with E-state index in [1.54, 1.807) is 32.2 Å². The Kier molecular flexibility index (Phi) is 7.60. The molecule has 1 atom stereocenters. The standard InChI is InChI=1S/C20H25N3O6S2/c1-14(16-6-5-7-17(13-16)30(21,25)26)23(3)20(24)11-9-15-8-10-18(29-4)19(12-15)31(27,28)22-2/h5-14,22H,1-4H3,(H2,21,25,26)/b11-9+. The smallest absolute Gasteiger partial charge is 0.246 e. The fraction of sp³-hybridized carbons (Fsp3) is 0.250. The van der Waals surface area contributed by atoms with Gasteiger partial charge in [-0.1, -0.05) is 18.2 Å². The van der Waals surface area contributed by atoms with Crippen molar-refractivity contribution in [1.82, 2.24) is 9.62 Å². The van der Waals surface area contributed by atoms with Crippen LogP contribution in [0.4, 0.5) is 0 Å². The lowest BCUT2D eigenvalue weighted by atomic mass is 10.1. The molecule has 0 saturated carbocycles. The van der Waals surface area contributed by atoms with Crippen LogP contribution in [-0.2, 0) is 24.8 Å². The fourth-order valence-corrected chi connectivity index (χ4v) is 4.26. The van der Waals surface area contributed by atoms with E-state index in [4.69, 9.17) is 9.88 Å². The monoisotopic (exact) mass is 467 g/mol. The van der Waals surface area contributed by atoms with Crippen LogP contribution < -0.4 is 14.6 Å². The van der Waals surface area contributed by atoms with Crippen LogP contribution in [0.25, 0.3) is 6.08 Å². The van der Waals surface area contributed by atoms with Crippen LogP contribution in [0.5, 0.6) is 5.75 Å². The number of nitrogens with two attached hydrogens (primary N) is 1. The van der Waals surface area contributed by atoms with Crippen molar-refractivity contribution in [3.63, 3.8) is 0 Å². The van der Waals surface area contributed by atoms with Crippen LogP contribution in [0.3, 0.4) is 0 Å². The van der Waals surface area contributed by atoms with Crippen LogP contribution in [-0.4, -0.2) is 48.8 Å². The van der Waals surface area contributed by atoms with Crippen LogP contribution >= 0.6 is 0 Å². The van der Waals surface area contributed by atoms with Crippen LogP contribution in [0, 0.1) is 0 Å². The van der Waals surface area contributed by atoms with Crippen molar-refractivity contribution in [1.29, 1.82) is 0 Å². The second-order valence-electron chi connectivity index (χ2n) is 6.69. The summed E-state index contributed by atoms with van der Waals surface area (Å²) >= 11 is 0. The molecule has 3 N–H and O–H groups in total. The fourth-order valence-electron chi connectivity index (χ4n) is 2.77. The number of hydrogen-bond acceptors (Lipinski definition) is 6. The van der Waals surface area contributed by atoms with Gasteiger partial charge in [0.1, 0.15) is 10.6 Å². The molecule has 0 heterocycles. The van der Waals surface area contributed by atoms with Crippen LogP contribution in [0.1, 0.15) is 24.1 Å². The lowest BCUT2D eigenvalue weighted by Gasteiger charge is -2.24. The largest absolute Gasteiger partial charge is 0.495 e. The highest BCUT2D eigenvalue weighted by atomic mass is 32.2. The van der Waals surface area contributed by atoms with Gasteiger partial charge in [-0.3, -0.25) is 4.79 Å². The van der Waals surface area contributed by atoms with E-state index in [1.165, 1.54) is 55.5 Å². The molecule has 0 fully saturated rings. The molecule has 31 heavy (non-hydrogen) atoms. The van der Waals surface area contributed by atoms with Crippen molar-refractivity contribution in [2.75, 3.05) is 21.2 Å². The Labute approximate surface area is 182 Å². The minimum absolute atomic E-state index is 0.0373. The van der Waals surface area contributed by atoms with Gasteiger partial charge in [-0.15, -0.1) is 0 Å². The average molecular weight is 468 g/mol. The van der Waals surface area contributed by atoms with Gasteiger partial charge in [0.05, 0.1) is 18.0 Å². The topological polar surface area (TPSA) is 136 Å². The lowest BCUT2D eigenvalue weighted by Crippen LogP contribution is -2.28. The quantitative estimate of drug-likeness (QED) is 0.565. The molecule has 0 saturated heterocycles. The molecule has 168 valence electrons. The van der Waals surface area contributed by atoms with Gasteiger partial charge in [0.15, 0.2) is 0 Å². The third-order valence-corrected chi connectivity index (χ3v) is 7.11. The van der Waals surface area contributed by atoms with E-state index in [-0.39, 0.29) is 21.4 Å². The molecule has 2 aromatic rings. The summed E-state index contributed by atoms with van der Waals surface area (Å²) in [6.45, 7) is 1.75. The van der Waals surface area contributed by atoms with Crippen molar-refractivity contribution in [2.24, 2.45) is 5.14 Å². The maximum Gasteiger partial charge on any atom is 0.246 e. The van der Waals surface area contributed by atoms with Gasteiger partial charge in [0.2, 0.25) is 26.0 Å². The molecule has 0 aliphatic rings. The first-order valence-electron chi connectivity index (χ1n) is 9.10. The van der Waals surface area contributed by atoms with Crippen molar-refractivity contribution in [3.05, 3.63) is 59.7 Å². The summed E-state index contributed by atoms with van der Waals surface area (Å²) in [6, 6.07) is 10.1. The van der Waals surface area contributed by atoms with Crippen LogP contribution in [0.2, 0.25) is 0 Å². The van der Waals surface area contributed by atoms with E-state index in [9.17, 15) is 21.6 Å². The van der Waals surface area contributed by atoms with E-state index in [1.807, 2.05) is 0 Å². The minimum atomic E-state index is -3.86. The minimum Gasteiger partial charge on any atom is -0.495 e. The van der Waals surface area contributed by atoms with Crippen molar-refractivity contribution in [3.8, 4) is 5.75 Å². The zero-order valence-corrected chi connectivity index (χ0v) is 19.2. The molecule has 0 radical (unpaired) electrons. The first-order valence-corrected chi connectivity index (χ1v) is 12.1. The van der Waals surface area contributed by atoms with Gasteiger partial charge in [0, 0.05) is 13.1 Å². The maximum absolute atomic E-state index is 12.6. The summed E-state index contributed by atoms with van der Waals surface area (Å²) in [5, 5.41) is 5.17. The van der Waals surface area contributed by atoms with Gasteiger partial charge in [-0.05, 0) is 55.4 Å². The van der Waals surface area contributed by atoms with E-state index >= 15 is 0 Å². The number of amides is 1. The zero-order valence-electron chi connectivity index (χ0n) is 17.6. The normalized spacial score (nSPS) is 13.2. The number of likely N-dealkylation sites (N-methyl/N-ethyl adjacent to an activating group) is 1. The third kappa shape index (κ3) is 5.91. The summed E-state index contributed by atoms with van der Waals surface area (Å²) in [5.74, 6) is -0.180. The molecule has 0 aromatic heterocycles. The summed E-state index contributed by atoms with van der Waals surface area (Å²) in [6.07, 6.45) is 2.79. The molecule has 11 heteroatoms. The lowest BCUT2D eigenvalue weighted by molar-refractivity contribution is -0.126. The number of nitrogens with one attached hydrogen (secondary N) is 1. The molecule has 1 amide bonds. The highest BCUT2D eigenvalue weighted by Gasteiger charge is 2.19. The Morgan fingerprint density at radius 3 is 2.42 bits per heavy atom. The Balaban J connectivity index is 2.26. The van der Waals surface area contributed by atoms with Crippen LogP contribution in [0.15, 0.2) is 58.3 Å². The molecule has 9 nitrogen and oxygen atoms in total. The summed E-state index contributed by atoms with van der Waals surface area (Å²) in [4.78, 5) is 14.0. The molecular weight excluding hydrogens is 442 g/mol. The Hall–Kier alpha value is -2.73. The average Bonchev–Trinajstić information content (AvgIpc) is 2.75. The summed E-state index contributed by atoms with van der Waals surface area (Å²) in [5.41, 5.74) is 1.09. The Morgan fingerprint density at radius 1 is 1.16 bits per heavy atom. The molecule has 0 aliphatic heterocycles. The van der Waals surface area contributed by atoms with Gasteiger partial charge in [-0.25, -0.2) is 26.7 Å². The second-order valence-corrected chi connectivity index (χ2v) is 10.1. The number of benzene rings is 2. The molecule has 0 bridgehead atoms. The molecule has 2 rings (SSSR count). The molecule has 0 aliphatic carbocycles. The zero-order chi connectivity index (χ0) is 23.4.